The molecule has 0 spiro atoms. The van der Waals surface area contributed by atoms with Crippen LogP contribution in [0.3, 0.4) is 0 Å². The van der Waals surface area contributed by atoms with Gasteiger partial charge < -0.3 is 15.8 Å². The van der Waals surface area contributed by atoms with E-state index in [2.05, 4.69) is 12.2 Å². The van der Waals surface area contributed by atoms with Crippen molar-refractivity contribution in [3.05, 3.63) is 29.8 Å². The van der Waals surface area contributed by atoms with Crippen LogP contribution in [-0.2, 0) is 4.79 Å². The molecule has 0 aliphatic heterocycles. The fraction of sp³-hybridized carbons (Fsp3) is 0.562. The van der Waals surface area contributed by atoms with Crippen LogP contribution in [0.2, 0.25) is 0 Å². The van der Waals surface area contributed by atoms with Crippen LogP contribution in [0.25, 0.3) is 0 Å². The first-order valence-corrected chi connectivity index (χ1v) is 7.28. The summed E-state index contributed by atoms with van der Waals surface area (Å²) in [5, 5.41) is 2.88. The van der Waals surface area contributed by atoms with Crippen LogP contribution >= 0.6 is 0 Å². The zero-order chi connectivity index (χ0) is 15.0. The highest BCUT2D eigenvalue weighted by molar-refractivity contribution is 5.81. The van der Waals surface area contributed by atoms with Gasteiger partial charge in [0, 0.05) is 0 Å². The second-order valence-electron chi connectivity index (χ2n) is 5.28. The van der Waals surface area contributed by atoms with Gasteiger partial charge in [-0.1, -0.05) is 37.5 Å². The summed E-state index contributed by atoms with van der Waals surface area (Å²) in [6.07, 6.45) is 2.75. The van der Waals surface area contributed by atoms with Crippen molar-refractivity contribution >= 4 is 5.91 Å². The number of carbonyl (C=O) groups is 1. The van der Waals surface area contributed by atoms with Crippen LogP contribution < -0.4 is 15.8 Å². The summed E-state index contributed by atoms with van der Waals surface area (Å²) >= 11 is 0. The minimum Gasteiger partial charge on any atom is -0.491 e. The Labute approximate surface area is 121 Å². The largest absolute Gasteiger partial charge is 0.491 e. The number of carbonyl (C=O) groups excluding carboxylic acids is 1. The molecule has 1 aromatic carbocycles. The average Bonchev–Trinajstić information content (AvgIpc) is 2.44. The summed E-state index contributed by atoms with van der Waals surface area (Å²) < 4.78 is 5.63. The van der Waals surface area contributed by atoms with Crippen LogP contribution in [-0.4, -0.2) is 24.6 Å². The number of aryl methyl sites for hydroxylation is 1. The molecule has 2 atom stereocenters. The molecule has 0 bridgehead atoms. The zero-order valence-electron chi connectivity index (χ0n) is 12.7. The van der Waals surface area contributed by atoms with Crippen molar-refractivity contribution in [2.75, 3.05) is 6.61 Å². The minimum atomic E-state index is -0.420. The lowest BCUT2D eigenvalue weighted by atomic mass is 10.1. The van der Waals surface area contributed by atoms with Crippen LogP contribution in [0.5, 0.6) is 5.75 Å². The Kier molecular flexibility index (Phi) is 7.09. The van der Waals surface area contributed by atoms with Gasteiger partial charge in [0.15, 0.2) is 0 Å². The van der Waals surface area contributed by atoms with Crippen LogP contribution in [0.15, 0.2) is 24.3 Å². The molecular weight excluding hydrogens is 252 g/mol. The molecule has 3 N–H and O–H groups in total. The lowest BCUT2D eigenvalue weighted by Gasteiger charge is -2.18. The monoisotopic (exact) mass is 278 g/mol. The fourth-order valence-electron chi connectivity index (χ4n) is 1.80. The summed E-state index contributed by atoms with van der Waals surface area (Å²) in [6, 6.07) is 7.37. The van der Waals surface area contributed by atoms with Gasteiger partial charge in [-0.05, 0) is 32.4 Å². The van der Waals surface area contributed by atoms with E-state index in [4.69, 9.17) is 10.5 Å². The highest BCUT2D eigenvalue weighted by atomic mass is 16.5. The molecule has 112 valence electrons. The molecule has 1 rings (SSSR count). The predicted octanol–water partition coefficient (Wildman–Crippen LogP) is 2.40. The molecule has 0 heterocycles. The Bertz CT molecular complexity index is 403. The van der Waals surface area contributed by atoms with Crippen molar-refractivity contribution in [1.29, 1.82) is 0 Å². The third-order valence-electron chi connectivity index (χ3n) is 3.12. The van der Waals surface area contributed by atoms with E-state index in [0.29, 0.717) is 6.61 Å². The Balaban J connectivity index is 2.30. The van der Waals surface area contributed by atoms with Crippen LogP contribution in [0.4, 0.5) is 0 Å². The number of benzene rings is 1. The second kappa shape index (κ2) is 8.59. The minimum absolute atomic E-state index is 0.0588. The quantitative estimate of drug-likeness (QED) is 0.767. The number of hydrogen-bond acceptors (Lipinski definition) is 3. The summed E-state index contributed by atoms with van der Waals surface area (Å²) in [5.41, 5.74) is 7.02. The van der Waals surface area contributed by atoms with E-state index >= 15 is 0 Å². The number of rotatable bonds is 8. The van der Waals surface area contributed by atoms with Gasteiger partial charge in [-0.3, -0.25) is 4.79 Å². The number of nitrogens with two attached hydrogens (primary N) is 1. The summed E-state index contributed by atoms with van der Waals surface area (Å²) in [5.74, 6) is 0.713. The molecule has 4 nitrogen and oxygen atoms in total. The first-order valence-electron chi connectivity index (χ1n) is 7.28. The fourth-order valence-corrected chi connectivity index (χ4v) is 1.80. The third-order valence-corrected chi connectivity index (χ3v) is 3.12. The smallest absolute Gasteiger partial charge is 0.237 e. The highest BCUT2D eigenvalue weighted by Gasteiger charge is 2.15. The Morgan fingerprint density at radius 2 is 2.00 bits per heavy atom. The van der Waals surface area contributed by atoms with Gasteiger partial charge in [0.25, 0.3) is 0 Å². The second-order valence-corrected chi connectivity index (χ2v) is 5.28. The molecule has 0 fully saturated rings. The third kappa shape index (κ3) is 6.06. The number of amides is 1. The highest BCUT2D eigenvalue weighted by Crippen LogP contribution is 2.11. The average molecular weight is 278 g/mol. The maximum absolute atomic E-state index is 11.8. The van der Waals surface area contributed by atoms with Gasteiger partial charge in [0.05, 0.1) is 12.1 Å². The predicted molar refractivity (Wildman–Crippen MR) is 81.8 cm³/mol. The van der Waals surface area contributed by atoms with E-state index in [0.717, 1.165) is 25.0 Å². The summed E-state index contributed by atoms with van der Waals surface area (Å²) in [6.45, 7) is 6.47. The molecule has 1 unspecified atom stereocenters. The van der Waals surface area contributed by atoms with Gasteiger partial charge in [-0.25, -0.2) is 0 Å². The number of ether oxygens (including phenoxy) is 1. The number of hydrogen-bond donors (Lipinski definition) is 2. The molecule has 1 amide bonds. The first-order chi connectivity index (χ1) is 9.52. The lowest BCUT2D eigenvalue weighted by Crippen LogP contribution is -2.46. The van der Waals surface area contributed by atoms with E-state index in [1.807, 2.05) is 38.1 Å². The van der Waals surface area contributed by atoms with Crippen molar-refractivity contribution in [1.82, 2.24) is 5.32 Å². The standard InChI is InChI=1S/C16H26N2O2/c1-4-5-6-15(17)16(19)18-13(3)11-20-14-9-7-12(2)8-10-14/h7-10,13,15H,4-6,11,17H2,1-3H3,(H,18,19)/t13?,15-/m0/s1. The number of nitrogens with one attached hydrogen (secondary N) is 1. The number of unbranched alkanes of at least 4 members (excludes halogenated alkanes) is 1. The molecule has 0 radical (unpaired) electrons. The first kappa shape index (κ1) is 16.5. The molecule has 20 heavy (non-hydrogen) atoms. The van der Waals surface area contributed by atoms with Crippen molar-refractivity contribution < 1.29 is 9.53 Å². The van der Waals surface area contributed by atoms with E-state index in [9.17, 15) is 4.79 Å². The van der Waals surface area contributed by atoms with Crippen molar-refractivity contribution in [3.8, 4) is 5.75 Å². The van der Waals surface area contributed by atoms with E-state index in [1.165, 1.54) is 5.56 Å². The van der Waals surface area contributed by atoms with E-state index < -0.39 is 6.04 Å². The van der Waals surface area contributed by atoms with Crippen LogP contribution in [0.1, 0.15) is 38.7 Å². The van der Waals surface area contributed by atoms with E-state index in [1.54, 1.807) is 0 Å². The molecule has 1 aromatic rings. The lowest BCUT2D eigenvalue weighted by molar-refractivity contribution is -0.123. The molecule has 4 heteroatoms. The Morgan fingerprint density at radius 3 is 2.60 bits per heavy atom. The molecule has 0 saturated heterocycles. The molecule has 0 saturated carbocycles. The summed E-state index contributed by atoms with van der Waals surface area (Å²) in [4.78, 5) is 11.8. The van der Waals surface area contributed by atoms with Crippen molar-refractivity contribution in [2.24, 2.45) is 5.73 Å². The van der Waals surface area contributed by atoms with Gasteiger partial charge in [-0.2, -0.15) is 0 Å². The Hall–Kier alpha value is -1.55. The van der Waals surface area contributed by atoms with Gasteiger partial charge in [0.2, 0.25) is 5.91 Å². The van der Waals surface area contributed by atoms with Crippen LogP contribution in [0, 0.1) is 6.92 Å². The van der Waals surface area contributed by atoms with Gasteiger partial charge >= 0.3 is 0 Å². The molecule has 0 aliphatic rings. The van der Waals surface area contributed by atoms with Gasteiger partial charge in [0.1, 0.15) is 12.4 Å². The SMILES string of the molecule is CCCC[C@H](N)C(=O)NC(C)COc1ccc(C)cc1. The van der Waals surface area contributed by atoms with Crippen molar-refractivity contribution in [2.45, 2.75) is 52.1 Å². The normalized spacial score (nSPS) is 13.6. The maximum atomic E-state index is 11.8. The zero-order valence-corrected chi connectivity index (χ0v) is 12.7. The maximum Gasteiger partial charge on any atom is 0.237 e. The molecule has 0 aromatic heterocycles. The summed E-state index contributed by atoms with van der Waals surface area (Å²) in [7, 11) is 0. The molecule has 0 aliphatic carbocycles. The van der Waals surface area contributed by atoms with Gasteiger partial charge in [-0.15, -0.1) is 0 Å². The molecular formula is C16H26N2O2. The van der Waals surface area contributed by atoms with E-state index in [-0.39, 0.29) is 11.9 Å². The van der Waals surface area contributed by atoms with Crippen molar-refractivity contribution in [3.63, 3.8) is 0 Å². The Morgan fingerprint density at radius 1 is 1.35 bits per heavy atom. The topological polar surface area (TPSA) is 64.4 Å².